The fourth-order valence-corrected chi connectivity index (χ4v) is 3.06. The Hall–Kier alpha value is -2.25. The molecule has 1 aliphatic heterocycles. The minimum atomic E-state index is -0.429. The SMILES string of the molecule is CC(O)C1CCN(Cc2coc(-c3ccc([N+](=O)[O-])cc3)n2)CC1. The van der Waals surface area contributed by atoms with Crippen molar-refractivity contribution in [3.8, 4) is 11.5 Å². The van der Waals surface area contributed by atoms with Crippen molar-refractivity contribution in [2.24, 2.45) is 5.92 Å². The molecule has 7 heteroatoms. The summed E-state index contributed by atoms with van der Waals surface area (Å²) < 4.78 is 5.50. The number of benzene rings is 1. The van der Waals surface area contributed by atoms with E-state index in [1.54, 1.807) is 18.4 Å². The van der Waals surface area contributed by atoms with Crippen molar-refractivity contribution >= 4 is 5.69 Å². The molecule has 1 aliphatic rings. The molecule has 0 radical (unpaired) electrons. The third-order valence-corrected chi connectivity index (χ3v) is 4.58. The molecule has 1 fully saturated rings. The fraction of sp³-hybridized carbons (Fsp3) is 0.471. The van der Waals surface area contributed by atoms with Gasteiger partial charge in [0.25, 0.3) is 5.69 Å². The standard InChI is InChI=1S/C17H21N3O4/c1-12(21)13-6-8-19(9-7-13)10-15-11-24-17(18-15)14-2-4-16(5-3-14)20(22)23/h2-5,11-13,21H,6-10H2,1H3. The molecular weight excluding hydrogens is 310 g/mol. The summed E-state index contributed by atoms with van der Waals surface area (Å²) in [7, 11) is 0. The van der Waals surface area contributed by atoms with E-state index in [0.717, 1.165) is 37.2 Å². The predicted octanol–water partition coefficient (Wildman–Crippen LogP) is 2.84. The zero-order valence-corrected chi connectivity index (χ0v) is 13.6. The summed E-state index contributed by atoms with van der Waals surface area (Å²) in [6.45, 7) is 4.45. The van der Waals surface area contributed by atoms with Crippen LogP contribution in [0, 0.1) is 16.0 Å². The van der Waals surface area contributed by atoms with Crippen LogP contribution in [0.15, 0.2) is 34.9 Å². The Morgan fingerprint density at radius 1 is 1.38 bits per heavy atom. The van der Waals surface area contributed by atoms with Gasteiger partial charge >= 0.3 is 0 Å². The average Bonchev–Trinajstić information content (AvgIpc) is 3.04. The summed E-state index contributed by atoms with van der Waals surface area (Å²) >= 11 is 0. The molecule has 24 heavy (non-hydrogen) atoms. The van der Waals surface area contributed by atoms with Gasteiger partial charge in [0.2, 0.25) is 5.89 Å². The van der Waals surface area contributed by atoms with E-state index in [1.165, 1.54) is 12.1 Å². The Morgan fingerprint density at radius 3 is 2.62 bits per heavy atom. The van der Waals surface area contributed by atoms with Crippen molar-refractivity contribution in [2.75, 3.05) is 13.1 Å². The van der Waals surface area contributed by atoms with Gasteiger partial charge < -0.3 is 9.52 Å². The summed E-state index contributed by atoms with van der Waals surface area (Å²) in [5.74, 6) is 0.855. The van der Waals surface area contributed by atoms with E-state index in [2.05, 4.69) is 9.88 Å². The van der Waals surface area contributed by atoms with Crippen molar-refractivity contribution in [3.63, 3.8) is 0 Å². The van der Waals surface area contributed by atoms with Crippen LogP contribution in [-0.2, 0) is 6.54 Å². The van der Waals surface area contributed by atoms with Gasteiger partial charge in [0.15, 0.2) is 0 Å². The average molecular weight is 331 g/mol. The smallest absolute Gasteiger partial charge is 0.269 e. The second kappa shape index (κ2) is 7.11. The molecule has 1 aromatic heterocycles. The largest absolute Gasteiger partial charge is 0.444 e. The van der Waals surface area contributed by atoms with E-state index in [1.807, 2.05) is 6.92 Å². The molecule has 1 N–H and O–H groups in total. The summed E-state index contributed by atoms with van der Waals surface area (Å²) in [4.78, 5) is 17.0. The lowest BCUT2D eigenvalue weighted by Crippen LogP contribution is -2.36. The normalized spacial score (nSPS) is 17.8. The topological polar surface area (TPSA) is 92.6 Å². The van der Waals surface area contributed by atoms with Crippen LogP contribution >= 0.6 is 0 Å². The van der Waals surface area contributed by atoms with E-state index >= 15 is 0 Å². The maximum Gasteiger partial charge on any atom is 0.269 e. The lowest BCUT2D eigenvalue weighted by Gasteiger charge is -2.32. The molecule has 0 spiro atoms. The maximum atomic E-state index is 10.7. The second-order valence-electron chi connectivity index (χ2n) is 6.30. The first-order valence-electron chi connectivity index (χ1n) is 8.12. The van der Waals surface area contributed by atoms with Gasteiger partial charge in [-0.25, -0.2) is 4.98 Å². The monoisotopic (exact) mass is 331 g/mol. The van der Waals surface area contributed by atoms with Crippen molar-refractivity contribution in [1.82, 2.24) is 9.88 Å². The molecule has 128 valence electrons. The fourth-order valence-electron chi connectivity index (χ4n) is 3.06. The number of rotatable bonds is 5. The van der Waals surface area contributed by atoms with Gasteiger partial charge in [-0.15, -0.1) is 0 Å². The van der Waals surface area contributed by atoms with E-state index < -0.39 is 4.92 Å². The van der Waals surface area contributed by atoms with Crippen LogP contribution in [0.1, 0.15) is 25.5 Å². The van der Waals surface area contributed by atoms with Gasteiger partial charge in [-0.05, 0) is 50.9 Å². The number of hydrogen-bond donors (Lipinski definition) is 1. The van der Waals surface area contributed by atoms with Gasteiger partial charge in [-0.3, -0.25) is 15.0 Å². The van der Waals surface area contributed by atoms with E-state index in [-0.39, 0.29) is 11.8 Å². The number of piperidine rings is 1. The molecule has 0 saturated carbocycles. The Kier molecular flexibility index (Phi) is 4.92. The minimum Gasteiger partial charge on any atom is -0.444 e. The summed E-state index contributed by atoms with van der Waals surface area (Å²) in [6.07, 6.45) is 3.38. The van der Waals surface area contributed by atoms with Crippen LogP contribution in [0.2, 0.25) is 0 Å². The molecule has 2 aromatic rings. The van der Waals surface area contributed by atoms with E-state index in [4.69, 9.17) is 4.42 Å². The molecular formula is C17H21N3O4. The van der Waals surface area contributed by atoms with Crippen LogP contribution in [0.4, 0.5) is 5.69 Å². The quantitative estimate of drug-likeness (QED) is 0.669. The molecule has 1 aromatic carbocycles. The summed E-state index contributed by atoms with van der Waals surface area (Å²) in [5.41, 5.74) is 1.62. The van der Waals surface area contributed by atoms with Crippen LogP contribution in [0.5, 0.6) is 0 Å². The number of oxazole rings is 1. The number of likely N-dealkylation sites (tertiary alicyclic amines) is 1. The Labute approximate surface area is 140 Å². The number of aliphatic hydroxyl groups excluding tert-OH is 1. The molecule has 0 bridgehead atoms. The molecule has 7 nitrogen and oxygen atoms in total. The van der Waals surface area contributed by atoms with Crippen LogP contribution in [0.3, 0.4) is 0 Å². The number of non-ortho nitro benzene ring substituents is 1. The number of nitrogens with zero attached hydrogens (tertiary/aromatic N) is 3. The van der Waals surface area contributed by atoms with Crippen molar-refractivity contribution in [1.29, 1.82) is 0 Å². The number of aromatic nitrogens is 1. The Morgan fingerprint density at radius 2 is 2.04 bits per heavy atom. The van der Waals surface area contributed by atoms with Crippen molar-refractivity contribution in [3.05, 3.63) is 46.3 Å². The second-order valence-corrected chi connectivity index (χ2v) is 6.30. The number of nitro benzene ring substituents is 1. The number of nitro groups is 1. The highest BCUT2D eigenvalue weighted by Gasteiger charge is 2.23. The van der Waals surface area contributed by atoms with Crippen LogP contribution < -0.4 is 0 Å². The highest BCUT2D eigenvalue weighted by Crippen LogP contribution is 2.24. The molecule has 1 saturated heterocycles. The van der Waals surface area contributed by atoms with E-state index in [0.29, 0.717) is 18.4 Å². The van der Waals surface area contributed by atoms with E-state index in [9.17, 15) is 15.2 Å². The van der Waals surface area contributed by atoms with Gasteiger partial charge in [-0.2, -0.15) is 0 Å². The molecule has 1 atom stereocenters. The number of aliphatic hydroxyl groups is 1. The van der Waals surface area contributed by atoms with Crippen molar-refractivity contribution < 1.29 is 14.4 Å². The molecule has 3 rings (SSSR count). The molecule has 2 heterocycles. The van der Waals surface area contributed by atoms with Gasteiger partial charge in [0.1, 0.15) is 6.26 Å². The minimum absolute atomic E-state index is 0.0477. The lowest BCUT2D eigenvalue weighted by atomic mass is 9.92. The first kappa shape index (κ1) is 16.6. The van der Waals surface area contributed by atoms with Gasteiger partial charge in [-0.1, -0.05) is 0 Å². The van der Waals surface area contributed by atoms with Gasteiger partial charge in [0, 0.05) is 24.2 Å². The third-order valence-electron chi connectivity index (χ3n) is 4.58. The van der Waals surface area contributed by atoms with Gasteiger partial charge in [0.05, 0.1) is 16.7 Å². The first-order chi connectivity index (χ1) is 11.5. The Bertz CT molecular complexity index is 688. The highest BCUT2D eigenvalue weighted by molar-refractivity contribution is 5.55. The maximum absolute atomic E-state index is 10.7. The Balaban J connectivity index is 1.61. The first-order valence-corrected chi connectivity index (χ1v) is 8.12. The lowest BCUT2D eigenvalue weighted by molar-refractivity contribution is -0.384. The summed E-state index contributed by atoms with van der Waals surface area (Å²) in [5, 5.41) is 20.3. The van der Waals surface area contributed by atoms with Crippen LogP contribution in [0.25, 0.3) is 11.5 Å². The molecule has 1 unspecified atom stereocenters. The molecule has 0 amide bonds. The predicted molar refractivity (Wildman–Crippen MR) is 88.3 cm³/mol. The highest BCUT2D eigenvalue weighted by atomic mass is 16.6. The van der Waals surface area contributed by atoms with Crippen molar-refractivity contribution in [2.45, 2.75) is 32.4 Å². The van der Waals surface area contributed by atoms with Crippen LogP contribution in [-0.4, -0.2) is 39.1 Å². The third kappa shape index (κ3) is 3.80. The summed E-state index contributed by atoms with van der Waals surface area (Å²) in [6, 6.07) is 6.17. The zero-order valence-electron chi connectivity index (χ0n) is 13.6. The zero-order chi connectivity index (χ0) is 17.1. The molecule has 0 aliphatic carbocycles. The number of hydrogen-bond acceptors (Lipinski definition) is 6.